The maximum absolute atomic E-state index is 3.54. The summed E-state index contributed by atoms with van der Waals surface area (Å²) in [5.74, 6) is 0. The van der Waals surface area contributed by atoms with E-state index < -0.39 is 0 Å². The van der Waals surface area contributed by atoms with Crippen LogP contribution >= 0.6 is 15.9 Å². The van der Waals surface area contributed by atoms with E-state index in [1.165, 1.54) is 27.8 Å². The summed E-state index contributed by atoms with van der Waals surface area (Å²) < 4.78 is 0. The molecule has 0 atom stereocenters. The number of rotatable bonds is 3. The molecule has 0 radical (unpaired) electrons. The van der Waals surface area contributed by atoms with E-state index in [2.05, 4.69) is 72.2 Å². The van der Waals surface area contributed by atoms with Crippen LogP contribution in [0.25, 0.3) is 0 Å². The second-order valence-electron chi connectivity index (χ2n) is 4.44. The summed E-state index contributed by atoms with van der Waals surface area (Å²) in [6.45, 7) is 4.39. The van der Waals surface area contributed by atoms with Gasteiger partial charge in [-0.3, -0.25) is 0 Å². The number of benzene rings is 2. The smallest absolute Gasteiger partial charge is 0.0285 e. The van der Waals surface area contributed by atoms with Gasteiger partial charge in [-0.2, -0.15) is 0 Å². The molecule has 0 unspecified atom stereocenters. The Kier molecular flexibility index (Phi) is 4.01. The lowest BCUT2D eigenvalue weighted by Crippen LogP contribution is -1.96. The van der Waals surface area contributed by atoms with E-state index in [9.17, 15) is 0 Å². The van der Waals surface area contributed by atoms with E-state index in [1.54, 1.807) is 0 Å². The fraction of sp³-hybridized carbons (Fsp3) is 0.250. The number of alkyl halides is 1. The molecule has 0 aliphatic heterocycles. The summed E-state index contributed by atoms with van der Waals surface area (Å²) in [5.41, 5.74) is 7.01. The minimum Gasteiger partial charge on any atom is -0.0876 e. The van der Waals surface area contributed by atoms with Crippen LogP contribution in [0.4, 0.5) is 0 Å². The molecule has 0 spiro atoms. The number of hydrogen-bond acceptors (Lipinski definition) is 0. The van der Waals surface area contributed by atoms with Crippen molar-refractivity contribution < 1.29 is 0 Å². The van der Waals surface area contributed by atoms with Crippen LogP contribution in [0.3, 0.4) is 0 Å². The standard InChI is InChI=1S/C16H17Br/c1-12-6-3-4-7-14(12)10-15-8-5-9-16(11-17)13(15)2/h3-9H,10-11H2,1-2H3. The zero-order valence-corrected chi connectivity index (χ0v) is 11.9. The lowest BCUT2D eigenvalue weighted by molar-refractivity contribution is 1.11. The molecule has 0 aromatic heterocycles. The number of halogens is 1. The monoisotopic (exact) mass is 288 g/mol. The summed E-state index contributed by atoms with van der Waals surface area (Å²) in [6.07, 6.45) is 1.03. The lowest BCUT2D eigenvalue weighted by atomic mass is 9.95. The number of aryl methyl sites for hydroxylation is 1. The molecular weight excluding hydrogens is 272 g/mol. The van der Waals surface area contributed by atoms with Gasteiger partial charge < -0.3 is 0 Å². The van der Waals surface area contributed by atoms with Crippen LogP contribution in [-0.4, -0.2) is 0 Å². The Morgan fingerprint density at radius 1 is 0.824 bits per heavy atom. The molecule has 0 amide bonds. The van der Waals surface area contributed by atoms with Crippen molar-refractivity contribution in [3.8, 4) is 0 Å². The Hall–Kier alpha value is -1.08. The Bertz CT molecular complexity index is 515. The van der Waals surface area contributed by atoms with Crippen molar-refractivity contribution >= 4 is 15.9 Å². The molecule has 0 heterocycles. The first-order valence-electron chi connectivity index (χ1n) is 5.90. The normalized spacial score (nSPS) is 10.5. The second-order valence-corrected chi connectivity index (χ2v) is 5.00. The van der Waals surface area contributed by atoms with Gasteiger partial charge in [0, 0.05) is 5.33 Å². The minimum absolute atomic E-state index is 0.931. The summed E-state index contributed by atoms with van der Waals surface area (Å²) in [7, 11) is 0. The highest BCUT2D eigenvalue weighted by Crippen LogP contribution is 2.20. The van der Waals surface area contributed by atoms with E-state index in [1.807, 2.05) is 0 Å². The van der Waals surface area contributed by atoms with Crippen molar-refractivity contribution in [3.63, 3.8) is 0 Å². The average molecular weight is 289 g/mol. The van der Waals surface area contributed by atoms with Crippen LogP contribution in [0.5, 0.6) is 0 Å². The highest BCUT2D eigenvalue weighted by Gasteiger charge is 2.05. The van der Waals surface area contributed by atoms with Crippen LogP contribution in [0, 0.1) is 13.8 Å². The van der Waals surface area contributed by atoms with Gasteiger partial charge in [-0.15, -0.1) is 0 Å². The third kappa shape index (κ3) is 2.78. The predicted molar refractivity (Wildman–Crippen MR) is 77.8 cm³/mol. The van der Waals surface area contributed by atoms with Crippen LogP contribution < -0.4 is 0 Å². The molecule has 2 rings (SSSR count). The van der Waals surface area contributed by atoms with Crippen molar-refractivity contribution in [3.05, 3.63) is 70.3 Å². The zero-order chi connectivity index (χ0) is 12.3. The minimum atomic E-state index is 0.931. The molecule has 0 N–H and O–H groups in total. The summed E-state index contributed by atoms with van der Waals surface area (Å²) in [4.78, 5) is 0. The molecule has 0 aliphatic carbocycles. The van der Waals surface area contributed by atoms with E-state index in [0.29, 0.717) is 0 Å². The first-order chi connectivity index (χ1) is 8.22. The molecule has 0 fully saturated rings. The predicted octanol–water partition coefficient (Wildman–Crippen LogP) is 4.79. The maximum atomic E-state index is 3.54. The number of hydrogen-bond donors (Lipinski definition) is 0. The van der Waals surface area contributed by atoms with Gasteiger partial charge in [0.25, 0.3) is 0 Å². The van der Waals surface area contributed by atoms with Gasteiger partial charge in [0.15, 0.2) is 0 Å². The first kappa shape index (κ1) is 12.4. The fourth-order valence-corrected chi connectivity index (χ4v) is 2.69. The third-order valence-corrected chi connectivity index (χ3v) is 3.95. The van der Waals surface area contributed by atoms with Gasteiger partial charge in [0.2, 0.25) is 0 Å². The van der Waals surface area contributed by atoms with Gasteiger partial charge in [-0.1, -0.05) is 58.4 Å². The molecule has 0 saturated heterocycles. The summed E-state index contributed by atoms with van der Waals surface area (Å²) in [6, 6.07) is 15.2. The molecule has 2 aromatic rings. The van der Waals surface area contributed by atoms with Crippen molar-refractivity contribution in [2.24, 2.45) is 0 Å². The van der Waals surface area contributed by atoms with Crippen molar-refractivity contribution in [2.45, 2.75) is 25.6 Å². The molecule has 88 valence electrons. The van der Waals surface area contributed by atoms with Gasteiger partial charge in [0.1, 0.15) is 0 Å². The molecule has 17 heavy (non-hydrogen) atoms. The fourth-order valence-electron chi connectivity index (χ4n) is 2.09. The van der Waals surface area contributed by atoms with Crippen LogP contribution in [-0.2, 0) is 11.8 Å². The largest absolute Gasteiger partial charge is 0.0876 e. The van der Waals surface area contributed by atoms with Gasteiger partial charge in [-0.05, 0) is 48.1 Å². The topological polar surface area (TPSA) is 0 Å². The lowest BCUT2D eigenvalue weighted by Gasteiger charge is -2.11. The third-order valence-electron chi connectivity index (χ3n) is 3.34. The van der Waals surface area contributed by atoms with E-state index >= 15 is 0 Å². The van der Waals surface area contributed by atoms with Crippen molar-refractivity contribution in [1.82, 2.24) is 0 Å². The van der Waals surface area contributed by atoms with Gasteiger partial charge >= 0.3 is 0 Å². The highest BCUT2D eigenvalue weighted by atomic mass is 79.9. The van der Waals surface area contributed by atoms with Crippen molar-refractivity contribution in [1.29, 1.82) is 0 Å². The summed E-state index contributed by atoms with van der Waals surface area (Å²) >= 11 is 3.54. The van der Waals surface area contributed by atoms with Crippen molar-refractivity contribution in [2.75, 3.05) is 0 Å². The van der Waals surface area contributed by atoms with Crippen LogP contribution in [0.1, 0.15) is 27.8 Å². The molecule has 0 nitrogen and oxygen atoms in total. The highest BCUT2D eigenvalue weighted by molar-refractivity contribution is 9.08. The van der Waals surface area contributed by atoms with Crippen LogP contribution in [0.15, 0.2) is 42.5 Å². The van der Waals surface area contributed by atoms with Gasteiger partial charge in [-0.25, -0.2) is 0 Å². The Balaban J connectivity index is 2.34. The maximum Gasteiger partial charge on any atom is 0.0285 e. The molecule has 0 bridgehead atoms. The van der Waals surface area contributed by atoms with E-state index in [0.717, 1.165) is 11.8 Å². The Morgan fingerprint density at radius 3 is 2.18 bits per heavy atom. The van der Waals surface area contributed by atoms with Gasteiger partial charge in [0.05, 0.1) is 0 Å². The Labute approximate surface area is 112 Å². The van der Waals surface area contributed by atoms with Crippen LogP contribution in [0.2, 0.25) is 0 Å². The zero-order valence-electron chi connectivity index (χ0n) is 10.3. The first-order valence-corrected chi connectivity index (χ1v) is 7.02. The van der Waals surface area contributed by atoms with E-state index in [-0.39, 0.29) is 0 Å². The molecular formula is C16H17Br. The molecule has 1 heteroatoms. The van der Waals surface area contributed by atoms with E-state index in [4.69, 9.17) is 0 Å². The molecule has 2 aromatic carbocycles. The summed E-state index contributed by atoms with van der Waals surface area (Å²) in [5, 5.41) is 0.931. The quantitative estimate of drug-likeness (QED) is 0.713. The second kappa shape index (κ2) is 5.50. The average Bonchev–Trinajstić information content (AvgIpc) is 2.34. The molecule has 0 aliphatic rings. The molecule has 0 saturated carbocycles. The Morgan fingerprint density at radius 2 is 1.47 bits per heavy atom. The SMILES string of the molecule is Cc1ccccc1Cc1cccc(CBr)c1C.